The van der Waals surface area contributed by atoms with Crippen molar-refractivity contribution in [1.29, 1.82) is 0 Å². The molecule has 0 spiro atoms. The molecule has 1 aliphatic rings. The molecule has 0 N–H and O–H groups in total. The van der Waals surface area contributed by atoms with E-state index in [1.165, 1.54) is 11.3 Å². The van der Waals surface area contributed by atoms with Crippen LogP contribution in [-0.2, 0) is 4.79 Å². The Balaban J connectivity index is 1.52. The van der Waals surface area contributed by atoms with E-state index in [4.69, 9.17) is 0 Å². The fraction of sp³-hybridized carbons (Fsp3) is 0.172. The fourth-order valence-corrected chi connectivity index (χ4v) is 5.78. The van der Waals surface area contributed by atoms with Crippen LogP contribution in [0.3, 0.4) is 0 Å². The Labute approximate surface area is 204 Å². The second-order valence-electron chi connectivity index (χ2n) is 8.59. The number of nitrogens with zero attached hydrogens (tertiary/aromatic N) is 2. The number of rotatable bonds is 4. The van der Waals surface area contributed by atoms with Crippen molar-refractivity contribution in [3.8, 4) is 10.4 Å². The second kappa shape index (κ2) is 9.27. The zero-order chi connectivity index (χ0) is 23.7. The van der Waals surface area contributed by atoms with E-state index in [-0.39, 0.29) is 23.9 Å². The van der Waals surface area contributed by atoms with Gasteiger partial charge in [0.15, 0.2) is 0 Å². The summed E-state index contributed by atoms with van der Waals surface area (Å²) in [7, 11) is 0. The highest BCUT2D eigenvalue weighted by Gasteiger charge is 2.38. The van der Waals surface area contributed by atoms with Gasteiger partial charge >= 0.3 is 0 Å². The van der Waals surface area contributed by atoms with Crippen LogP contribution in [0.15, 0.2) is 97.1 Å². The molecule has 1 aromatic heterocycles. The van der Waals surface area contributed by atoms with Crippen LogP contribution in [0, 0.1) is 0 Å². The number of benzene rings is 3. The number of hydrogen-bond acceptors (Lipinski definition) is 3. The highest BCUT2D eigenvalue weighted by Crippen LogP contribution is 2.43. The SMILES string of the molecule is CC(=O)N(c1ccccc1)C1CC(C)N(C(=O)c2ccc(-c3ccccc3)s2)c2ccccc21. The van der Waals surface area contributed by atoms with Crippen molar-refractivity contribution in [3.05, 3.63) is 108 Å². The standard InChI is InChI=1S/C29H26N2O2S/c1-20-19-26(31(21(2)32)23-13-7-4-8-14-23)24-15-9-10-16-25(24)30(20)29(33)28-18-17-27(34-28)22-11-5-3-6-12-22/h3-18,20,26H,19H2,1-2H3. The van der Waals surface area contributed by atoms with Gasteiger partial charge in [-0.25, -0.2) is 0 Å². The molecular formula is C29H26N2O2S. The third kappa shape index (κ3) is 4.03. The summed E-state index contributed by atoms with van der Waals surface area (Å²) in [5.74, 6) is -0.0107. The normalized spacial score (nSPS) is 17.2. The maximum Gasteiger partial charge on any atom is 0.268 e. The van der Waals surface area contributed by atoms with Gasteiger partial charge in [0.1, 0.15) is 0 Å². The number of carbonyl (C=O) groups excluding carboxylic acids is 2. The van der Waals surface area contributed by atoms with Crippen LogP contribution < -0.4 is 9.80 Å². The average Bonchev–Trinajstić information content (AvgIpc) is 3.35. The Kier molecular flexibility index (Phi) is 6.03. The van der Waals surface area contributed by atoms with Gasteiger partial charge < -0.3 is 9.80 Å². The van der Waals surface area contributed by atoms with Crippen LogP contribution in [0.5, 0.6) is 0 Å². The fourth-order valence-electron chi connectivity index (χ4n) is 4.83. The summed E-state index contributed by atoms with van der Waals surface area (Å²) in [6, 6.07) is 31.6. The number of hydrogen-bond donors (Lipinski definition) is 0. The van der Waals surface area contributed by atoms with Crippen molar-refractivity contribution in [2.75, 3.05) is 9.80 Å². The molecule has 4 nitrogen and oxygen atoms in total. The quantitative estimate of drug-likeness (QED) is 0.327. The van der Waals surface area contributed by atoms with Crippen LogP contribution in [0.2, 0.25) is 0 Å². The molecule has 34 heavy (non-hydrogen) atoms. The van der Waals surface area contributed by atoms with Gasteiger partial charge in [0, 0.05) is 29.2 Å². The maximum absolute atomic E-state index is 13.8. The Hall–Kier alpha value is -3.70. The summed E-state index contributed by atoms with van der Waals surface area (Å²) in [6.45, 7) is 3.67. The number of para-hydroxylation sites is 2. The van der Waals surface area contributed by atoms with Gasteiger partial charge in [-0.15, -0.1) is 11.3 Å². The van der Waals surface area contributed by atoms with Crippen LogP contribution in [0.25, 0.3) is 10.4 Å². The Morgan fingerprint density at radius 2 is 1.50 bits per heavy atom. The van der Waals surface area contributed by atoms with Crippen molar-refractivity contribution >= 4 is 34.5 Å². The van der Waals surface area contributed by atoms with E-state index in [9.17, 15) is 9.59 Å². The first-order valence-electron chi connectivity index (χ1n) is 11.5. The lowest BCUT2D eigenvalue weighted by molar-refractivity contribution is -0.117. The lowest BCUT2D eigenvalue weighted by atomic mass is 9.89. The molecule has 0 radical (unpaired) electrons. The molecule has 0 bridgehead atoms. The molecule has 1 aliphatic heterocycles. The molecule has 0 saturated carbocycles. The van der Waals surface area contributed by atoms with Crippen molar-refractivity contribution in [1.82, 2.24) is 0 Å². The van der Waals surface area contributed by atoms with E-state index in [1.54, 1.807) is 6.92 Å². The largest absolute Gasteiger partial charge is 0.305 e. The van der Waals surface area contributed by atoms with Gasteiger partial charge in [0.05, 0.1) is 10.9 Å². The highest BCUT2D eigenvalue weighted by molar-refractivity contribution is 7.17. The number of fused-ring (bicyclic) bond motifs is 1. The zero-order valence-electron chi connectivity index (χ0n) is 19.2. The van der Waals surface area contributed by atoms with Crippen molar-refractivity contribution in [3.63, 3.8) is 0 Å². The molecule has 5 rings (SSSR count). The molecule has 0 saturated heterocycles. The van der Waals surface area contributed by atoms with E-state index >= 15 is 0 Å². The predicted molar refractivity (Wildman–Crippen MR) is 139 cm³/mol. The van der Waals surface area contributed by atoms with Crippen molar-refractivity contribution < 1.29 is 9.59 Å². The molecular weight excluding hydrogens is 440 g/mol. The maximum atomic E-state index is 13.8. The van der Waals surface area contributed by atoms with Gasteiger partial charge in [0.2, 0.25) is 5.91 Å². The summed E-state index contributed by atoms with van der Waals surface area (Å²) >= 11 is 1.52. The summed E-state index contributed by atoms with van der Waals surface area (Å²) in [5, 5.41) is 0. The third-order valence-electron chi connectivity index (χ3n) is 6.34. The predicted octanol–water partition coefficient (Wildman–Crippen LogP) is 6.95. The van der Waals surface area contributed by atoms with Gasteiger partial charge in [-0.3, -0.25) is 9.59 Å². The van der Waals surface area contributed by atoms with Crippen LogP contribution >= 0.6 is 11.3 Å². The van der Waals surface area contributed by atoms with Gasteiger partial charge in [0.25, 0.3) is 5.91 Å². The first-order chi connectivity index (χ1) is 16.5. The lowest BCUT2D eigenvalue weighted by Crippen LogP contribution is -2.47. The highest BCUT2D eigenvalue weighted by atomic mass is 32.1. The van der Waals surface area contributed by atoms with Crippen LogP contribution in [-0.4, -0.2) is 17.9 Å². The number of amides is 2. The molecule has 4 aromatic rings. The number of carbonyl (C=O) groups is 2. The molecule has 2 amide bonds. The van der Waals surface area contributed by atoms with Gasteiger partial charge in [-0.2, -0.15) is 0 Å². The first kappa shape index (κ1) is 22.1. The van der Waals surface area contributed by atoms with Gasteiger partial charge in [-0.05, 0) is 54.8 Å². The molecule has 0 fully saturated rings. The van der Waals surface area contributed by atoms with Crippen LogP contribution in [0.1, 0.15) is 41.5 Å². The third-order valence-corrected chi connectivity index (χ3v) is 7.46. The van der Waals surface area contributed by atoms with E-state index < -0.39 is 0 Å². The van der Waals surface area contributed by atoms with Crippen molar-refractivity contribution in [2.24, 2.45) is 0 Å². The van der Waals surface area contributed by atoms with Crippen molar-refractivity contribution in [2.45, 2.75) is 32.4 Å². The topological polar surface area (TPSA) is 40.6 Å². The van der Waals surface area contributed by atoms with E-state index in [0.717, 1.165) is 27.4 Å². The summed E-state index contributed by atoms with van der Waals surface area (Å²) in [6.07, 6.45) is 0.661. The molecule has 170 valence electrons. The Bertz CT molecular complexity index is 1320. The Morgan fingerprint density at radius 1 is 0.853 bits per heavy atom. The molecule has 3 aromatic carbocycles. The monoisotopic (exact) mass is 466 g/mol. The first-order valence-corrected chi connectivity index (χ1v) is 12.3. The van der Waals surface area contributed by atoms with E-state index in [2.05, 4.69) is 19.1 Å². The smallest absolute Gasteiger partial charge is 0.268 e. The minimum absolute atomic E-state index is 0.000308. The lowest BCUT2D eigenvalue weighted by Gasteiger charge is -2.43. The summed E-state index contributed by atoms with van der Waals surface area (Å²) in [5.41, 5.74) is 3.84. The number of thiophene rings is 1. The van der Waals surface area contributed by atoms with Crippen LogP contribution in [0.4, 0.5) is 11.4 Å². The molecule has 5 heteroatoms. The molecule has 0 aliphatic carbocycles. The van der Waals surface area contributed by atoms with E-state index in [0.29, 0.717) is 11.3 Å². The zero-order valence-corrected chi connectivity index (χ0v) is 20.0. The average molecular weight is 467 g/mol. The molecule has 2 unspecified atom stereocenters. The Morgan fingerprint density at radius 3 is 2.21 bits per heavy atom. The minimum atomic E-state index is -0.140. The van der Waals surface area contributed by atoms with E-state index in [1.807, 2.05) is 94.7 Å². The van der Waals surface area contributed by atoms with Gasteiger partial charge in [-0.1, -0.05) is 66.7 Å². The number of anilines is 2. The molecule has 2 heterocycles. The summed E-state index contributed by atoms with van der Waals surface area (Å²) in [4.78, 5) is 32.1. The minimum Gasteiger partial charge on any atom is -0.305 e. The summed E-state index contributed by atoms with van der Waals surface area (Å²) < 4.78 is 0. The second-order valence-corrected chi connectivity index (χ2v) is 9.67. The molecule has 2 atom stereocenters.